The van der Waals surface area contributed by atoms with Crippen LogP contribution in [0.1, 0.15) is 27.2 Å². The Hall–Kier alpha value is -0.910. The summed E-state index contributed by atoms with van der Waals surface area (Å²) in [5, 5.41) is 2.51. The molecule has 0 spiro atoms. The molecule has 5 nitrogen and oxygen atoms in total. The van der Waals surface area contributed by atoms with Gasteiger partial charge in [-0.1, -0.05) is 0 Å². The van der Waals surface area contributed by atoms with E-state index in [2.05, 4.69) is 10.1 Å². The van der Waals surface area contributed by atoms with E-state index in [0.29, 0.717) is 6.42 Å². The summed E-state index contributed by atoms with van der Waals surface area (Å²) >= 11 is 1.60. The van der Waals surface area contributed by atoms with Crippen LogP contribution in [0.5, 0.6) is 0 Å². The molecule has 0 heterocycles. The first-order valence-electron chi connectivity index (χ1n) is 5.36. The molecule has 6 heteroatoms. The molecule has 0 aliphatic carbocycles. The minimum Gasteiger partial charge on any atom is -0.467 e. The van der Waals surface area contributed by atoms with Crippen LogP contribution in [0.2, 0.25) is 0 Å². The summed E-state index contributed by atoms with van der Waals surface area (Å²) in [7, 11) is 1.30. The summed E-state index contributed by atoms with van der Waals surface area (Å²) in [6.45, 7) is 5.30. The first-order chi connectivity index (χ1) is 7.80. The maximum Gasteiger partial charge on any atom is 0.408 e. The van der Waals surface area contributed by atoms with Crippen molar-refractivity contribution in [3.05, 3.63) is 0 Å². The number of rotatable bonds is 5. The van der Waals surface area contributed by atoms with Crippen molar-refractivity contribution in [3.8, 4) is 0 Å². The highest BCUT2D eigenvalue weighted by Gasteiger charge is 2.24. The number of esters is 1. The molecular formula is C11H21NO4S. The van der Waals surface area contributed by atoms with Crippen LogP contribution in [0.25, 0.3) is 0 Å². The largest absolute Gasteiger partial charge is 0.467 e. The maximum absolute atomic E-state index is 11.5. The van der Waals surface area contributed by atoms with E-state index >= 15 is 0 Å². The summed E-state index contributed by atoms with van der Waals surface area (Å²) in [5.41, 5.74) is -0.579. The predicted octanol–water partition coefficient (Wildman–Crippen LogP) is 1.81. The van der Waals surface area contributed by atoms with Gasteiger partial charge in [0.05, 0.1) is 7.11 Å². The lowest BCUT2D eigenvalue weighted by atomic mass is 10.2. The molecule has 0 saturated heterocycles. The zero-order chi connectivity index (χ0) is 13.5. The van der Waals surface area contributed by atoms with Gasteiger partial charge >= 0.3 is 12.1 Å². The van der Waals surface area contributed by atoms with Crippen molar-refractivity contribution in [1.29, 1.82) is 0 Å². The Morgan fingerprint density at radius 3 is 2.35 bits per heavy atom. The highest BCUT2D eigenvalue weighted by Crippen LogP contribution is 2.08. The predicted molar refractivity (Wildman–Crippen MR) is 68.2 cm³/mol. The fourth-order valence-corrected chi connectivity index (χ4v) is 1.55. The zero-order valence-electron chi connectivity index (χ0n) is 11.0. The number of hydrogen-bond acceptors (Lipinski definition) is 5. The highest BCUT2D eigenvalue weighted by molar-refractivity contribution is 7.98. The molecule has 1 amide bonds. The Bertz CT molecular complexity index is 263. The molecule has 0 aromatic carbocycles. The second-order valence-corrected chi connectivity index (χ2v) is 5.49. The van der Waals surface area contributed by atoms with E-state index in [-0.39, 0.29) is 0 Å². The van der Waals surface area contributed by atoms with Gasteiger partial charge in [0.15, 0.2) is 0 Å². The van der Waals surface area contributed by atoms with E-state index in [0.717, 1.165) is 5.75 Å². The van der Waals surface area contributed by atoms with Gasteiger partial charge in [0.25, 0.3) is 0 Å². The van der Waals surface area contributed by atoms with Crippen LogP contribution in [-0.4, -0.2) is 42.8 Å². The second-order valence-electron chi connectivity index (χ2n) is 4.50. The molecule has 0 bridgehead atoms. The fourth-order valence-electron chi connectivity index (χ4n) is 1.08. The topological polar surface area (TPSA) is 64.6 Å². The highest BCUT2D eigenvalue weighted by atomic mass is 32.2. The summed E-state index contributed by atoms with van der Waals surface area (Å²) in [5.74, 6) is 0.306. The van der Waals surface area contributed by atoms with E-state index < -0.39 is 23.7 Å². The van der Waals surface area contributed by atoms with Gasteiger partial charge in [-0.2, -0.15) is 11.8 Å². The molecule has 1 atom stereocenters. The molecule has 0 saturated carbocycles. The number of carbonyl (C=O) groups excluding carboxylic acids is 2. The van der Waals surface area contributed by atoms with Crippen molar-refractivity contribution in [1.82, 2.24) is 5.32 Å². The van der Waals surface area contributed by atoms with E-state index in [4.69, 9.17) is 4.74 Å². The minimum absolute atomic E-state index is 0.454. The van der Waals surface area contributed by atoms with Gasteiger partial charge in [-0.05, 0) is 39.2 Å². The van der Waals surface area contributed by atoms with E-state index in [9.17, 15) is 9.59 Å². The third kappa shape index (κ3) is 7.90. The van der Waals surface area contributed by atoms with Gasteiger partial charge in [0.2, 0.25) is 0 Å². The normalized spacial score (nSPS) is 12.8. The lowest BCUT2D eigenvalue weighted by molar-refractivity contribution is -0.143. The Balaban J connectivity index is 4.32. The molecule has 1 N–H and O–H groups in total. The Kier molecular flexibility index (Phi) is 7.03. The fraction of sp³-hybridized carbons (Fsp3) is 0.818. The average molecular weight is 263 g/mol. The molecule has 0 aliphatic heterocycles. The SMILES string of the molecule is COC(=O)C(CCSC)NC(=O)OC(C)(C)C. The molecule has 0 aromatic heterocycles. The Labute approximate surface area is 107 Å². The van der Waals surface area contributed by atoms with Crippen molar-refractivity contribution >= 4 is 23.8 Å². The maximum atomic E-state index is 11.5. The first kappa shape index (κ1) is 16.1. The van der Waals surface area contributed by atoms with Crippen LogP contribution in [0, 0.1) is 0 Å². The molecule has 100 valence electrons. The summed E-state index contributed by atoms with van der Waals surface area (Å²) < 4.78 is 9.70. The van der Waals surface area contributed by atoms with Crippen LogP contribution >= 0.6 is 11.8 Å². The molecule has 1 unspecified atom stereocenters. The van der Waals surface area contributed by atoms with Crippen LogP contribution in [-0.2, 0) is 14.3 Å². The molecule has 0 fully saturated rings. The van der Waals surface area contributed by atoms with Crippen LogP contribution < -0.4 is 5.32 Å². The number of thioether (sulfide) groups is 1. The van der Waals surface area contributed by atoms with Gasteiger partial charge < -0.3 is 14.8 Å². The number of hydrogen-bond donors (Lipinski definition) is 1. The Morgan fingerprint density at radius 2 is 1.94 bits per heavy atom. The van der Waals surface area contributed by atoms with Crippen LogP contribution in [0.4, 0.5) is 4.79 Å². The quantitative estimate of drug-likeness (QED) is 0.766. The average Bonchev–Trinajstić information content (AvgIpc) is 2.20. The molecular weight excluding hydrogens is 242 g/mol. The van der Waals surface area contributed by atoms with Crippen molar-refractivity contribution in [3.63, 3.8) is 0 Å². The minimum atomic E-state index is -0.651. The monoisotopic (exact) mass is 263 g/mol. The van der Waals surface area contributed by atoms with Gasteiger partial charge in [-0.3, -0.25) is 0 Å². The number of amides is 1. The number of ether oxygens (including phenoxy) is 2. The molecule has 0 radical (unpaired) electrons. The summed E-state index contributed by atoms with van der Waals surface area (Å²) in [6.07, 6.45) is 1.85. The third-order valence-electron chi connectivity index (χ3n) is 1.79. The van der Waals surface area contributed by atoms with Gasteiger partial charge in [0.1, 0.15) is 11.6 Å². The molecule has 17 heavy (non-hydrogen) atoms. The van der Waals surface area contributed by atoms with Crippen molar-refractivity contribution in [2.75, 3.05) is 19.1 Å². The molecule has 0 aromatic rings. The van der Waals surface area contributed by atoms with Crippen LogP contribution in [0.3, 0.4) is 0 Å². The van der Waals surface area contributed by atoms with Crippen LogP contribution in [0.15, 0.2) is 0 Å². The van der Waals surface area contributed by atoms with Gasteiger partial charge in [-0.15, -0.1) is 0 Å². The Morgan fingerprint density at radius 1 is 1.35 bits per heavy atom. The summed E-state index contributed by atoms with van der Waals surface area (Å²) in [4.78, 5) is 22.9. The van der Waals surface area contributed by atoms with E-state index in [1.807, 2.05) is 6.26 Å². The zero-order valence-corrected chi connectivity index (χ0v) is 11.8. The second kappa shape index (κ2) is 7.42. The third-order valence-corrected chi connectivity index (χ3v) is 2.43. The van der Waals surface area contributed by atoms with Crippen molar-refractivity contribution < 1.29 is 19.1 Å². The summed E-state index contributed by atoms with van der Waals surface area (Å²) in [6, 6.07) is -0.651. The first-order valence-corrected chi connectivity index (χ1v) is 6.76. The molecule has 0 aliphatic rings. The molecule has 0 rings (SSSR count). The van der Waals surface area contributed by atoms with Crippen molar-refractivity contribution in [2.45, 2.75) is 38.8 Å². The number of methoxy groups -OCH3 is 1. The number of nitrogens with one attached hydrogen (secondary N) is 1. The lowest BCUT2D eigenvalue weighted by Crippen LogP contribution is -2.44. The van der Waals surface area contributed by atoms with Gasteiger partial charge in [0, 0.05) is 0 Å². The lowest BCUT2D eigenvalue weighted by Gasteiger charge is -2.22. The number of carbonyl (C=O) groups is 2. The number of alkyl carbamates (subject to hydrolysis) is 1. The van der Waals surface area contributed by atoms with Crippen molar-refractivity contribution in [2.24, 2.45) is 0 Å². The van der Waals surface area contributed by atoms with Gasteiger partial charge in [-0.25, -0.2) is 9.59 Å². The smallest absolute Gasteiger partial charge is 0.408 e. The standard InChI is InChI=1S/C11H21NO4S/c1-11(2,3)16-10(14)12-8(6-7-17-5)9(13)15-4/h8H,6-7H2,1-5H3,(H,12,14). The van der Waals surface area contributed by atoms with E-state index in [1.54, 1.807) is 32.5 Å². The van der Waals surface area contributed by atoms with E-state index in [1.165, 1.54) is 7.11 Å².